The number of nitrogens with two attached hydrogens (primary N) is 1. The van der Waals surface area contributed by atoms with Gasteiger partial charge in [0.05, 0.1) is 6.42 Å². The smallest absolute Gasteiger partial charge is 0.304 e. The zero-order chi connectivity index (χ0) is 14.0. The second-order valence-electron chi connectivity index (χ2n) is 4.35. The Balaban J connectivity index is 2.47. The fourth-order valence-corrected chi connectivity index (χ4v) is 2.42. The number of halogens is 1. The van der Waals surface area contributed by atoms with Gasteiger partial charge in [0.15, 0.2) is 0 Å². The number of benzene rings is 1. The van der Waals surface area contributed by atoms with E-state index < -0.39 is 5.97 Å². The minimum atomic E-state index is -0.868. The summed E-state index contributed by atoms with van der Waals surface area (Å²) in [5.74, 6) is -0.816. The van der Waals surface area contributed by atoms with Gasteiger partial charge < -0.3 is 10.8 Å². The lowest BCUT2D eigenvalue weighted by Gasteiger charge is -2.16. The predicted molar refractivity (Wildman–Crippen MR) is 76.0 cm³/mol. The first-order valence-electron chi connectivity index (χ1n) is 5.76. The van der Waals surface area contributed by atoms with E-state index in [-0.39, 0.29) is 12.3 Å². The van der Waals surface area contributed by atoms with E-state index >= 15 is 0 Å². The molecule has 0 aliphatic rings. The van der Waals surface area contributed by atoms with Crippen molar-refractivity contribution in [2.24, 2.45) is 0 Å². The summed E-state index contributed by atoms with van der Waals surface area (Å²) in [7, 11) is 0. The van der Waals surface area contributed by atoms with Crippen LogP contribution in [0, 0.1) is 6.92 Å². The molecule has 1 atom stereocenters. The molecule has 1 unspecified atom stereocenters. The van der Waals surface area contributed by atoms with Crippen LogP contribution in [-0.2, 0) is 4.79 Å². The van der Waals surface area contributed by atoms with E-state index in [1.165, 1.54) is 0 Å². The molecule has 2 rings (SSSR count). The van der Waals surface area contributed by atoms with Crippen LogP contribution in [0.1, 0.15) is 29.2 Å². The van der Waals surface area contributed by atoms with Gasteiger partial charge in [-0.3, -0.25) is 9.89 Å². The van der Waals surface area contributed by atoms with E-state index in [9.17, 15) is 4.79 Å². The van der Waals surface area contributed by atoms with Gasteiger partial charge in [0.2, 0.25) is 0 Å². The van der Waals surface area contributed by atoms with Crippen LogP contribution < -0.4 is 5.73 Å². The normalized spacial score (nSPS) is 12.3. The summed E-state index contributed by atoms with van der Waals surface area (Å²) in [5, 5.41) is 15.8. The van der Waals surface area contributed by atoms with Gasteiger partial charge in [0, 0.05) is 21.6 Å². The van der Waals surface area contributed by atoms with Crippen molar-refractivity contribution in [3.63, 3.8) is 0 Å². The number of nitrogens with one attached hydrogen (secondary N) is 1. The Hall–Kier alpha value is -1.82. The predicted octanol–water partition coefficient (Wildman–Crippen LogP) is 2.67. The number of H-pyrrole nitrogens is 1. The van der Waals surface area contributed by atoms with Gasteiger partial charge in [-0.2, -0.15) is 5.10 Å². The van der Waals surface area contributed by atoms with Gasteiger partial charge in [-0.05, 0) is 24.6 Å². The molecule has 4 N–H and O–H groups in total. The summed E-state index contributed by atoms with van der Waals surface area (Å²) < 4.78 is 0.946. The van der Waals surface area contributed by atoms with Crippen LogP contribution in [0.25, 0.3) is 0 Å². The number of carboxylic acids is 1. The molecule has 5 nitrogen and oxygen atoms in total. The van der Waals surface area contributed by atoms with Crippen molar-refractivity contribution >= 4 is 27.7 Å². The number of aliphatic carboxylic acids is 1. The summed E-state index contributed by atoms with van der Waals surface area (Å²) in [5.41, 5.74) is 8.30. The minimum absolute atomic E-state index is 0.0216. The first-order valence-corrected chi connectivity index (χ1v) is 6.56. The number of rotatable bonds is 4. The second-order valence-corrected chi connectivity index (χ2v) is 5.27. The molecule has 0 radical (unpaired) electrons. The molecule has 0 fully saturated rings. The Labute approximate surface area is 119 Å². The standard InChI is InChI=1S/C13H14BrN3O2/c1-7-12(13(15)17-16-7)10(6-11(18)19)8-2-4-9(14)5-3-8/h2-5,10H,6H2,1H3,(H,18,19)(H3,15,16,17). The van der Waals surface area contributed by atoms with Crippen LogP contribution in [-0.4, -0.2) is 21.3 Å². The lowest BCUT2D eigenvalue weighted by atomic mass is 9.88. The Morgan fingerprint density at radius 2 is 2.11 bits per heavy atom. The molecule has 0 spiro atoms. The third-order valence-corrected chi connectivity index (χ3v) is 3.55. The van der Waals surface area contributed by atoms with E-state index in [4.69, 9.17) is 10.8 Å². The topological polar surface area (TPSA) is 92.0 Å². The molecule has 1 aromatic carbocycles. The summed E-state index contributed by atoms with van der Waals surface area (Å²) >= 11 is 3.36. The van der Waals surface area contributed by atoms with E-state index in [1.807, 2.05) is 31.2 Å². The fourth-order valence-electron chi connectivity index (χ4n) is 2.15. The van der Waals surface area contributed by atoms with E-state index in [0.29, 0.717) is 5.82 Å². The lowest BCUT2D eigenvalue weighted by molar-refractivity contribution is -0.137. The van der Waals surface area contributed by atoms with E-state index in [2.05, 4.69) is 26.1 Å². The van der Waals surface area contributed by atoms with Crippen LogP contribution in [0.3, 0.4) is 0 Å². The van der Waals surface area contributed by atoms with Gasteiger partial charge in [-0.25, -0.2) is 0 Å². The molecule has 100 valence electrons. The van der Waals surface area contributed by atoms with Crippen LogP contribution in [0.5, 0.6) is 0 Å². The maximum absolute atomic E-state index is 11.1. The first-order chi connectivity index (χ1) is 8.99. The molecule has 0 aliphatic carbocycles. The summed E-state index contributed by atoms with van der Waals surface area (Å²) in [6, 6.07) is 7.55. The Morgan fingerprint density at radius 1 is 1.47 bits per heavy atom. The number of anilines is 1. The SMILES string of the molecule is Cc1[nH]nc(N)c1C(CC(=O)O)c1ccc(Br)cc1. The average molecular weight is 324 g/mol. The first kappa shape index (κ1) is 13.6. The van der Waals surface area contributed by atoms with Crippen molar-refractivity contribution in [3.8, 4) is 0 Å². The molecule has 0 amide bonds. The average Bonchev–Trinajstić information content (AvgIpc) is 2.67. The largest absolute Gasteiger partial charge is 0.481 e. The zero-order valence-electron chi connectivity index (χ0n) is 10.4. The second kappa shape index (κ2) is 5.44. The fraction of sp³-hybridized carbons (Fsp3) is 0.231. The van der Waals surface area contributed by atoms with Gasteiger partial charge >= 0.3 is 5.97 Å². The Bertz CT molecular complexity index is 573. The number of nitrogen functional groups attached to an aromatic ring is 1. The lowest BCUT2D eigenvalue weighted by Crippen LogP contribution is -2.10. The molecular weight excluding hydrogens is 310 g/mol. The van der Waals surface area contributed by atoms with Crippen molar-refractivity contribution in [3.05, 3.63) is 45.6 Å². The molecule has 2 aromatic rings. The molecule has 6 heteroatoms. The monoisotopic (exact) mass is 323 g/mol. The number of nitrogens with zero attached hydrogens (tertiary/aromatic N) is 1. The quantitative estimate of drug-likeness (QED) is 0.806. The van der Waals surface area contributed by atoms with Crippen molar-refractivity contribution in [1.82, 2.24) is 10.2 Å². The van der Waals surface area contributed by atoms with Gasteiger partial charge in [0.25, 0.3) is 0 Å². The highest BCUT2D eigenvalue weighted by Gasteiger charge is 2.23. The highest BCUT2D eigenvalue weighted by atomic mass is 79.9. The third kappa shape index (κ3) is 2.96. The van der Waals surface area contributed by atoms with E-state index in [0.717, 1.165) is 21.3 Å². The van der Waals surface area contributed by atoms with Gasteiger partial charge in [-0.1, -0.05) is 28.1 Å². The number of aryl methyl sites for hydroxylation is 1. The number of carbonyl (C=O) groups is 1. The van der Waals surface area contributed by atoms with Crippen LogP contribution in [0.15, 0.2) is 28.7 Å². The molecule has 0 saturated carbocycles. The number of hydrogen-bond acceptors (Lipinski definition) is 3. The molecule has 0 saturated heterocycles. The number of aromatic amines is 1. The van der Waals surface area contributed by atoms with Crippen molar-refractivity contribution in [2.75, 3.05) is 5.73 Å². The molecule has 0 aliphatic heterocycles. The number of carboxylic acid groups (broad SMARTS) is 1. The van der Waals surface area contributed by atoms with Gasteiger partial charge in [-0.15, -0.1) is 0 Å². The molecular formula is C13H14BrN3O2. The van der Waals surface area contributed by atoms with Crippen LogP contribution >= 0.6 is 15.9 Å². The number of aromatic nitrogens is 2. The van der Waals surface area contributed by atoms with Crippen molar-refractivity contribution in [1.29, 1.82) is 0 Å². The summed E-state index contributed by atoms with van der Waals surface area (Å²) in [4.78, 5) is 11.1. The minimum Gasteiger partial charge on any atom is -0.481 e. The van der Waals surface area contributed by atoms with Crippen molar-refractivity contribution < 1.29 is 9.90 Å². The Morgan fingerprint density at radius 3 is 2.58 bits per heavy atom. The molecule has 19 heavy (non-hydrogen) atoms. The maximum atomic E-state index is 11.1. The summed E-state index contributed by atoms with van der Waals surface area (Å²) in [6.07, 6.45) is -0.0216. The van der Waals surface area contributed by atoms with Gasteiger partial charge in [0.1, 0.15) is 5.82 Å². The van der Waals surface area contributed by atoms with E-state index in [1.54, 1.807) is 0 Å². The Kier molecular flexibility index (Phi) is 3.90. The zero-order valence-corrected chi connectivity index (χ0v) is 11.9. The highest BCUT2D eigenvalue weighted by Crippen LogP contribution is 2.33. The van der Waals surface area contributed by atoms with Crippen molar-refractivity contribution in [2.45, 2.75) is 19.3 Å². The summed E-state index contributed by atoms with van der Waals surface area (Å²) in [6.45, 7) is 1.84. The molecule has 1 heterocycles. The van der Waals surface area contributed by atoms with Crippen LogP contribution in [0.4, 0.5) is 5.82 Å². The molecule has 0 bridgehead atoms. The highest BCUT2D eigenvalue weighted by molar-refractivity contribution is 9.10. The third-order valence-electron chi connectivity index (χ3n) is 3.02. The van der Waals surface area contributed by atoms with Crippen LogP contribution in [0.2, 0.25) is 0 Å². The number of hydrogen-bond donors (Lipinski definition) is 3. The molecule has 1 aromatic heterocycles. The maximum Gasteiger partial charge on any atom is 0.304 e.